The quantitative estimate of drug-likeness (QED) is 0.602. The molecule has 4 nitrogen and oxygen atoms in total. The predicted octanol–water partition coefficient (Wildman–Crippen LogP) is -0.109. The van der Waals surface area contributed by atoms with Crippen molar-refractivity contribution in [1.82, 2.24) is 10.6 Å². The van der Waals surface area contributed by atoms with Gasteiger partial charge >= 0.3 is 0 Å². The van der Waals surface area contributed by atoms with Crippen LogP contribution in [0.15, 0.2) is 0 Å². The third kappa shape index (κ3) is 4.85. The van der Waals surface area contributed by atoms with Gasteiger partial charge in [-0.25, -0.2) is 0 Å². The van der Waals surface area contributed by atoms with Gasteiger partial charge in [0.15, 0.2) is 0 Å². The number of amides is 1. The van der Waals surface area contributed by atoms with E-state index in [1.807, 2.05) is 0 Å². The largest absolute Gasteiger partial charge is 0.379 e. The van der Waals surface area contributed by atoms with E-state index in [-0.39, 0.29) is 5.91 Å². The molecule has 1 aliphatic heterocycles. The zero-order valence-electron chi connectivity index (χ0n) is 8.14. The molecule has 0 spiro atoms. The molecule has 1 atom stereocenters. The zero-order valence-corrected chi connectivity index (χ0v) is 8.14. The van der Waals surface area contributed by atoms with Gasteiger partial charge in [0.05, 0.1) is 13.2 Å². The van der Waals surface area contributed by atoms with Crippen molar-refractivity contribution in [2.45, 2.75) is 25.8 Å². The lowest BCUT2D eigenvalue weighted by molar-refractivity contribution is -0.118. The summed E-state index contributed by atoms with van der Waals surface area (Å²) in [7, 11) is 0. The highest BCUT2D eigenvalue weighted by molar-refractivity contribution is 5.72. The highest BCUT2D eigenvalue weighted by Gasteiger charge is 2.11. The number of hydrogen-bond acceptors (Lipinski definition) is 3. The van der Waals surface area contributed by atoms with Crippen molar-refractivity contribution >= 4 is 5.91 Å². The highest BCUT2D eigenvalue weighted by atomic mass is 16.5. The van der Waals surface area contributed by atoms with Crippen molar-refractivity contribution in [3.05, 3.63) is 0 Å². The molecule has 0 aromatic rings. The van der Waals surface area contributed by atoms with Crippen molar-refractivity contribution in [2.24, 2.45) is 0 Å². The van der Waals surface area contributed by atoms with Crippen LogP contribution in [0, 0.1) is 0 Å². The van der Waals surface area contributed by atoms with Crippen molar-refractivity contribution in [2.75, 3.05) is 26.3 Å². The van der Waals surface area contributed by atoms with E-state index < -0.39 is 0 Å². The summed E-state index contributed by atoms with van der Waals surface area (Å²) in [6.45, 7) is 4.89. The Morgan fingerprint density at radius 2 is 2.54 bits per heavy atom. The Kier molecular flexibility index (Phi) is 4.78. The molecule has 1 saturated heterocycles. The average molecular weight is 186 g/mol. The van der Waals surface area contributed by atoms with Gasteiger partial charge in [-0.1, -0.05) is 0 Å². The number of carbonyl (C=O) groups excluding carboxylic acids is 1. The van der Waals surface area contributed by atoms with Crippen LogP contribution in [0.1, 0.15) is 19.8 Å². The van der Waals surface area contributed by atoms with E-state index in [0.717, 1.165) is 39.1 Å². The van der Waals surface area contributed by atoms with Crippen molar-refractivity contribution in [3.63, 3.8) is 0 Å². The monoisotopic (exact) mass is 186 g/mol. The minimum absolute atomic E-state index is 0.0489. The van der Waals surface area contributed by atoms with Gasteiger partial charge in [-0.05, 0) is 12.8 Å². The number of morpholine rings is 1. The molecule has 0 aromatic heterocycles. The summed E-state index contributed by atoms with van der Waals surface area (Å²) in [5.74, 6) is 0.0489. The van der Waals surface area contributed by atoms with Gasteiger partial charge in [0.1, 0.15) is 0 Å². The maximum Gasteiger partial charge on any atom is 0.216 e. The molecule has 1 aliphatic rings. The summed E-state index contributed by atoms with van der Waals surface area (Å²) >= 11 is 0. The maximum atomic E-state index is 10.5. The molecule has 76 valence electrons. The van der Waals surface area contributed by atoms with Crippen molar-refractivity contribution < 1.29 is 9.53 Å². The van der Waals surface area contributed by atoms with Gasteiger partial charge in [-0.15, -0.1) is 0 Å². The summed E-state index contributed by atoms with van der Waals surface area (Å²) in [4.78, 5) is 10.5. The Labute approximate surface area is 79.0 Å². The second-order valence-electron chi connectivity index (χ2n) is 3.35. The smallest absolute Gasteiger partial charge is 0.216 e. The van der Waals surface area contributed by atoms with E-state index in [4.69, 9.17) is 4.74 Å². The summed E-state index contributed by atoms with van der Waals surface area (Å²) in [6, 6.07) is 0.475. The van der Waals surface area contributed by atoms with Crippen LogP contribution in [0.5, 0.6) is 0 Å². The van der Waals surface area contributed by atoms with Gasteiger partial charge in [-0.2, -0.15) is 0 Å². The van der Waals surface area contributed by atoms with Gasteiger partial charge < -0.3 is 15.4 Å². The minimum atomic E-state index is 0.0489. The van der Waals surface area contributed by atoms with E-state index in [1.54, 1.807) is 6.92 Å². The highest BCUT2D eigenvalue weighted by Crippen LogP contribution is 2.00. The lowest BCUT2D eigenvalue weighted by atomic mass is 10.1. The third-order valence-electron chi connectivity index (χ3n) is 2.10. The molecule has 0 bridgehead atoms. The van der Waals surface area contributed by atoms with Crippen LogP contribution in [0.3, 0.4) is 0 Å². The average Bonchev–Trinajstić information content (AvgIpc) is 2.14. The summed E-state index contributed by atoms with van der Waals surface area (Å²) in [6.07, 6.45) is 2.08. The number of nitrogens with one attached hydrogen (secondary N) is 2. The lowest BCUT2D eigenvalue weighted by Crippen LogP contribution is -2.41. The Morgan fingerprint density at radius 3 is 3.15 bits per heavy atom. The topological polar surface area (TPSA) is 50.4 Å². The second kappa shape index (κ2) is 5.94. The first-order valence-corrected chi connectivity index (χ1v) is 4.84. The molecule has 1 rings (SSSR count). The zero-order chi connectivity index (χ0) is 9.52. The Morgan fingerprint density at radius 1 is 1.69 bits per heavy atom. The van der Waals surface area contributed by atoms with Gasteiger partial charge in [0.2, 0.25) is 5.91 Å². The SMILES string of the molecule is CC(=O)NCCCC1COCCN1. The molecular weight excluding hydrogens is 168 g/mol. The van der Waals surface area contributed by atoms with Crippen LogP contribution >= 0.6 is 0 Å². The molecule has 2 N–H and O–H groups in total. The van der Waals surface area contributed by atoms with E-state index in [0.29, 0.717) is 6.04 Å². The van der Waals surface area contributed by atoms with Crippen LogP contribution in [0.4, 0.5) is 0 Å². The van der Waals surface area contributed by atoms with Crippen LogP contribution in [0.25, 0.3) is 0 Å². The van der Waals surface area contributed by atoms with Crippen LogP contribution < -0.4 is 10.6 Å². The third-order valence-corrected chi connectivity index (χ3v) is 2.10. The predicted molar refractivity (Wildman–Crippen MR) is 50.5 cm³/mol. The molecule has 0 aliphatic carbocycles. The van der Waals surface area contributed by atoms with Gasteiger partial charge in [-0.3, -0.25) is 4.79 Å². The van der Waals surface area contributed by atoms with E-state index in [2.05, 4.69) is 10.6 Å². The van der Waals surface area contributed by atoms with Crippen molar-refractivity contribution in [3.8, 4) is 0 Å². The van der Waals surface area contributed by atoms with Crippen molar-refractivity contribution in [1.29, 1.82) is 0 Å². The molecule has 1 heterocycles. The van der Waals surface area contributed by atoms with Crippen LogP contribution in [-0.2, 0) is 9.53 Å². The number of hydrogen-bond donors (Lipinski definition) is 2. The van der Waals surface area contributed by atoms with Crippen LogP contribution in [0.2, 0.25) is 0 Å². The molecule has 0 radical (unpaired) electrons. The van der Waals surface area contributed by atoms with E-state index >= 15 is 0 Å². The molecule has 0 saturated carbocycles. The maximum absolute atomic E-state index is 10.5. The summed E-state index contributed by atoms with van der Waals surface area (Å²) in [5.41, 5.74) is 0. The first-order chi connectivity index (χ1) is 6.29. The van der Waals surface area contributed by atoms with Gasteiger partial charge in [0, 0.05) is 26.1 Å². The number of ether oxygens (including phenoxy) is 1. The lowest BCUT2D eigenvalue weighted by Gasteiger charge is -2.23. The molecule has 1 unspecified atom stereocenters. The Bertz CT molecular complexity index is 156. The second-order valence-corrected chi connectivity index (χ2v) is 3.35. The fourth-order valence-corrected chi connectivity index (χ4v) is 1.42. The normalized spacial score (nSPS) is 22.7. The number of carbonyl (C=O) groups is 1. The first kappa shape index (κ1) is 10.5. The fraction of sp³-hybridized carbons (Fsp3) is 0.889. The van der Waals surface area contributed by atoms with E-state index in [9.17, 15) is 4.79 Å². The molecule has 1 amide bonds. The Balaban J connectivity index is 1.95. The molecule has 13 heavy (non-hydrogen) atoms. The fourth-order valence-electron chi connectivity index (χ4n) is 1.42. The van der Waals surface area contributed by atoms with Crippen LogP contribution in [-0.4, -0.2) is 38.3 Å². The Hall–Kier alpha value is -0.610. The minimum Gasteiger partial charge on any atom is -0.379 e. The van der Waals surface area contributed by atoms with Gasteiger partial charge in [0.25, 0.3) is 0 Å². The standard InChI is InChI=1S/C9H18N2O2/c1-8(12)10-4-2-3-9-7-13-6-5-11-9/h9,11H,2-7H2,1H3,(H,10,12). The summed E-state index contributed by atoms with van der Waals surface area (Å²) in [5, 5.41) is 6.15. The molecule has 1 fully saturated rings. The summed E-state index contributed by atoms with van der Waals surface area (Å²) < 4.78 is 5.31. The molecular formula is C9H18N2O2. The molecule has 4 heteroatoms. The first-order valence-electron chi connectivity index (χ1n) is 4.84. The molecule has 0 aromatic carbocycles. The number of rotatable bonds is 4. The van der Waals surface area contributed by atoms with E-state index in [1.165, 1.54) is 0 Å².